The van der Waals surface area contributed by atoms with Gasteiger partial charge in [0.2, 0.25) is 0 Å². The first-order valence-corrected chi connectivity index (χ1v) is 21.0. The number of fused-ring (bicyclic) bond motifs is 5. The summed E-state index contributed by atoms with van der Waals surface area (Å²) >= 11 is 0. The molecule has 4 aliphatic rings. The number of hydrogen-bond acceptors (Lipinski definition) is 3. The lowest BCUT2D eigenvalue weighted by Crippen LogP contribution is -2.51. The maximum atomic E-state index is 12.8. The van der Waals surface area contributed by atoms with E-state index in [1.165, 1.54) is 77.0 Å². The van der Waals surface area contributed by atoms with Gasteiger partial charge in [-0.05, 0) is 117 Å². The van der Waals surface area contributed by atoms with E-state index in [0.717, 1.165) is 93.3 Å². The van der Waals surface area contributed by atoms with Crippen molar-refractivity contribution in [1.82, 2.24) is 0 Å². The highest BCUT2D eigenvalue weighted by Crippen LogP contribution is 2.67. The molecule has 4 rings (SSSR count). The molecule has 3 nitrogen and oxygen atoms in total. The largest absolute Gasteiger partial charge is 0.462 e. The summed E-state index contributed by atoms with van der Waals surface area (Å²) in [5.41, 5.74) is 2.46. The Morgan fingerprint density at radius 1 is 0.896 bits per heavy atom. The molecule has 1 N–H and O–H groups in total. The van der Waals surface area contributed by atoms with Crippen molar-refractivity contribution in [1.29, 1.82) is 0 Å². The number of hydrogen-bond donors (Lipinski definition) is 1. The van der Waals surface area contributed by atoms with Crippen LogP contribution in [0.2, 0.25) is 0 Å². The minimum Gasteiger partial charge on any atom is -0.462 e. The highest BCUT2D eigenvalue weighted by molar-refractivity contribution is 5.69. The molecule has 3 saturated carbocycles. The number of carbonyl (C=O) groups is 1. The third-order valence-corrected chi connectivity index (χ3v) is 14.0. The van der Waals surface area contributed by atoms with Crippen molar-refractivity contribution in [2.75, 3.05) is 0 Å². The van der Waals surface area contributed by atoms with Crippen molar-refractivity contribution in [2.45, 2.75) is 195 Å². The van der Waals surface area contributed by atoms with Gasteiger partial charge >= 0.3 is 5.97 Å². The van der Waals surface area contributed by atoms with E-state index in [9.17, 15) is 9.90 Å². The number of rotatable bonds is 20. The Hall–Kier alpha value is -1.35. The number of ether oxygens (including phenoxy) is 1. The van der Waals surface area contributed by atoms with Crippen LogP contribution in [0, 0.1) is 46.3 Å². The van der Waals surface area contributed by atoms with Crippen molar-refractivity contribution in [3.8, 4) is 0 Å². The molecule has 0 radical (unpaired) electrons. The quantitative estimate of drug-likeness (QED) is 0.0610. The first kappa shape index (κ1) is 39.4. The molecular weight excluding hydrogens is 588 g/mol. The molecule has 3 fully saturated rings. The van der Waals surface area contributed by atoms with Gasteiger partial charge in [0.1, 0.15) is 6.10 Å². The molecule has 0 aliphatic heterocycles. The number of aliphatic hydroxyl groups excluding tert-OH is 1. The maximum absolute atomic E-state index is 12.8. The van der Waals surface area contributed by atoms with E-state index in [1.54, 1.807) is 5.57 Å². The third-order valence-electron chi connectivity index (χ3n) is 14.0. The van der Waals surface area contributed by atoms with Crippen LogP contribution in [0.3, 0.4) is 0 Å². The molecule has 0 spiro atoms. The Kier molecular flexibility index (Phi) is 15.9. The molecule has 0 aromatic heterocycles. The summed E-state index contributed by atoms with van der Waals surface area (Å²) in [5, 5.41) is 10.2. The molecule has 0 saturated heterocycles. The van der Waals surface area contributed by atoms with Gasteiger partial charge in [-0.2, -0.15) is 0 Å². The maximum Gasteiger partial charge on any atom is 0.306 e. The summed E-state index contributed by atoms with van der Waals surface area (Å²) in [6.07, 6.45) is 36.4. The average Bonchev–Trinajstić information content (AvgIpc) is 3.41. The third kappa shape index (κ3) is 10.6. The second-order valence-electron chi connectivity index (χ2n) is 17.8. The molecule has 274 valence electrons. The summed E-state index contributed by atoms with van der Waals surface area (Å²) in [6.45, 7) is 14.8. The molecule has 4 aliphatic carbocycles. The van der Waals surface area contributed by atoms with E-state index in [2.05, 4.69) is 59.8 Å². The molecule has 0 bridgehead atoms. The number of esters is 1. The summed E-state index contributed by atoms with van der Waals surface area (Å²) < 4.78 is 6.10. The van der Waals surface area contributed by atoms with Gasteiger partial charge in [0.15, 0.2) is 0 Å². The van der Waals surface area contributed by atoms with Crippen LogP contribution in [0.15, 0.2) is 36.0 Å². The van der Waals surface area contributed by atoms with Gasteiger partial charge in [0, 0.05) is 12.8 Å². The summed E-state index contributed by atoms with van der Waals surface area (Å²) in [7, 11) is 0. The molecule has 48 heavy (non-hydrogen) atoms. The lowest BCUT2D eigenvalue weighted by atomic mass is 9.47. The van der Waals surface area contributed by atoms with Gasteiger partial charge in [-0.3, -0.25) is 4.79 Å². The average molecular weight is 665 g/mol. The van der Waals surface area contributed by atoms with Crippen LogP contribution < -0.4 is 0 Å². The first-order valence-electron chi connectivity index (χ1n) is 21.0. The van der Waals surface area contributed by atoms with Gasteiger partial charge in [-0.25, -0.2) is 0 Å². The molecule has 0 amide bonds. The second kappa shape index (κ2) is 19.3. The van der Waals surface area contributed by atoms with Gasteiger partial charge in [0.05, 0.1) is 6.10 Å². The second-order valence-corrected chi connectivity index (χ2v) is 17.8. The van der Waals surface area contributed by atoms with Gasteiger partial charge in [0.25, 0.3) is 0 Å². The SMILES string of the molecule is CCCCCC=CC=CC(O)CCCCCCCC(=O)OC1CCC2(C)C(=CCC3C2CCC2(C)C(C(C)CCCC(C)C)CCC32)C1. The van der Waals surface area contributed by atoms with Crippen molar-refractivity contribution < 1.29 is 14.6 Å². The van der Waals surface area contributed by atoms with E-state index in [-0.39, 0.29) is 18.2 Å². The first-order chi connectivity index (χ1) is 23.1. The fourth-order valence-corrected chi connectivity index (χ4v) is 11.1. The van der Waals surface area contributed by atoms with Crippen molar-refractivity contribution in [2.24, 2.45) is 46.3 Å². The number of carbonyl (C=O) groups excluding carboxylic acids is 1. The van der Waals surface area contributed by atoms with Gasteiger partial charge in [-0.15, -0.1) is 0 Å². The van der Waals surface area contributed by atoms with Gasteiger partial charge in [-0.1, -0.05) is 135 Å². The fraction of sp³-hybridized carbons (Fsp3) is 0.844. The van der Waals surface area contributed by atoms with Crippen molar-refractivity contribution >= 4 is 5.97 Å². The molecule has 0 aromatic carbocycles. The lowest BCUT2D eigenvalue weighted by Gasteiger charge is -2.58. The van der Waals surface area contributed by atoms with E-state index >= 15 is 0 Å². The number of allylic oxidation sites excluding steroid dienone is 4. The molecule has 9 unspecified atom stereocenters. The Balaban J connectivity index is 1.13. The smallest absolute Gasteiger partial charge is 0.306 e. The van der Waals surface area contributed by atoms with Crippen molar-refractivity contribution in [3.05, 3.63) is 36.0 Å². The minimum atomic E-state index is -0.353. The standard InChI is InChI=1S/C45H76O3/c1-7-8-9-10-11-13-16-22-37(46)23-17-14-12-15-18-24-43(47)48-38-29-31-44(5)36(33-38)25-26-39-41-28-27-40(35(4)21-19-20-34(2)3)45(41,6)32-30-42(39)44/h11,13,16,22,25,34-35,37-42,46H,7-10,12,14-15,17-21,23-24,26-33H2,1-6H3. The highest BCUT2D eigenvalue weighted by atomic mass is 16.5. The van der Waals surface area contributed by atoms with E-state index < -0.39 is 0 Å². The molecule has 0 aromatic rings. The van der Waals surface area contributed by atoms with Crippen LogP contribution in [0.4, 0.5) is 0 Å². The molecular formula is C45H76O3. The summed E-state index contributed by atoms with van der Waals surface area (Å²) in [4.78, 5) is 12.8. The molecule has 9 atom stereocenters. The topological polar surface area (TPSA) is 46.5 Å². The summed E-state index contributed by atoms with van der Waals surface area (Å²) in [6, 6.07) is 0. The number of unbranched alkanes of at least 4 members (excludes halogenated alkanes) is 7. The molecule has 3 heteroatoms. The van der Waals surface area contributed by atoms with Crippen molar-refractivity contribution in [3.63, 3.8) is 0 Å². The minimum absolute atomic E-state index is 0.00846. The van der Waals surface area contributed by atoms with E-state index in [1.807, 2.05) is 12.2 Å². The van der Waals surface area contributed by atoms with Crippen LogP contribution in [-0.2, 0) is 9.53 Å². The predicted molar refractivity (Wildman–Crippen MR) is 204 cm³/mol. The molecule has 0 heterocycles. The zero-order chi connectivity index (χ0) is 34.6. The number of aliphatic hydroxyl groups is 1. The fourth-order valence-electron chi connectivity index (χ4n) is 11.1. The Morgan fingerprint density at radius 2 is 1.69 bits per heavy atom. The highest BCUT2D eigenvalue weighted by Gasteiger charge is 2.59. The van der Waals surface area contributed by atoms with Crippen LogP contribution in [-0.4, -0.2) is 23.3 Å². The van der Waals surface area contributed by atoms with Crippen LogP contribution in [0.5, 0.6) is 0 Å². The van der Waals surface area contributed by atoms with Crippen LogP contribution in [0.25, 0.3) is 0 Å². The monoisotopic (exact) mass is 665 g/mol. The Morgan fingerprint density at radius 3 is 2.48 bits per heavy atom. The van der Waals surface area contributed by atoms with Crippen LogP contribution >= 0.6 is 0 Å². The van der Waals surface area contributed by atoms with Crippen LogP contribution in [0.1, 0.15) is 183 Å². The Labute approximate surface area is 297 Å². The zero-order valence-electron chi connectivity index (χ0n) is 32.3. The Bertz CT molecular complexity index is 1050. The predicted octanol–water partition coefficient (Wildman–Crippen LogP) is 12.7. The normalized spacial score (nSPS) is 33.0. The van der Waals surface area contributed by atoms with E-state index in [4.69, 9.17) is 4.74 Å². The van der Waals surface area contributed by atoms with Gasteiger partial charge < -0.3 is 9.84 Å². The summed E-state index contributed by atoms with van der Waals surface area (Å²) in [5.74, 6) is 5.18. The lowest BCUT2D eigenvalue weighted by molar-refractivity contribution is -0.151. The van der Waals surface area contributed by atoms with E-state index in [0.29, 0.717) is 17.3 Å². The zero-order valence-corrected chi connectivity index (χ0v) is 32.3.